The smallest absolute Gasteiger partial charge is 0.139 e. The number of benzene rings is 1. The highest BCUT2D eigenvalue weighted by molar-refractivity contribution is 5.72. The number of halogens is 2. The summed E-state index contributed by atoms with van der Waals surface area (Å²) in [5.41, 5.74) is 6.59. The highest BCUT2D eigenvalue weighted by Crippen LogP contribution is 2.40. The first-order chi connectivity index (χ1) is 8.58. The van der Waals surface area contributed by atoms with Gasteiger partial charge in [-0.05, 0) is 0 Å². The molecule has 0 atom stereocenters. The van der Waals surface area contributed by atoms with E-state index in [2.05, 4.69) is 5.10 Å². The van der Waals surface area contributed by atoms with Crippen LogP contribution in [0.5, 0.6) is 5.75 Å². The molecule has 0 saturated carbocycles. The van der Waals surface area contributed by atoms with Crippen LogP contribution in [-0.4, -0.2) is 16.4 Å². The molecule has 4 nitrogen and oxygen atoms in total. The number of rotatable bonds is 1. The van der Waals surface area contributed by atoms with Crippen LogP contribution >= 0.6 is 0 Å². The van der Waals surface area contributed by atoms with Crippen molar-refractivity contribution in [2.75, 3.05) is 12.3 Å². The van der Waals surface area contributed by atoms with Crippen LogP contribution in [0.4, 0.5) is 14.6 Å². The second-order valence-corrected chi connectivity index (χ2v) is 4.20. The number of nitrogens with two attached hydrogens (primary N) is 1. The normalized spacial score (nSPS) is 13.5. The first kappa shape index (κ1) is 11.0. The van der Waals surface area contributed by atoms with Gasteiger partial charge < -0.3 is 10.5 Å². The fourth-order valence-corrected chi connectivity index (χ4v) is 2.13. The van der Waals surface area contributed by atoms with E-state index < -0.39 is 11.6 Å². The van der Waals surface area contributed by atoms with Crippen LogP contribution in [0.1, 0.15) is 5.56 Å². The molecule has 0 unspecified atom stereocenters. The first-order valence-electron chi connectivity index (χ1n) is 5.51. The van der Waals surface area contributed by atoms with E-state index in [1.54, 1.807) is 7.05 Å². The SMILES string of the molecule is Cn1nc(-c2c(F)cc(F)c3c2OCC3)cc1N. The van der Waals surface area contributed by atoms with Crippen molar-refractivity contribution < 1.29 is 13.5 Å². The minimum Gasteiger partial charge on any atom is -0.492 e. The van der Waals surface area contributed by atoms with E-state index in [-0.39, 0.29) is 11.3 Å². The molecular formula is C12H11F2N3O. The van der Waals surface area contributed by atoms with Crippen LogP contribution in [0.3, 0.4) is 0 Å². The molecular weight excluding hydrogens is 240 g/mol. The predicted molar refractivity (Wildman–Crippen MR) is 62.2 cm³/mol. The Hall–Kier alpha value is -2.11. The number of nitrogens with zero attached hydrogens (tertiary/aromatic N) is 2. The van der Waals surface area contributed by atoms with E-state index in [1.807, 2.05) is 0 Å². The van der Waals surface area contributed by atoms with Crippen LogP contribution in [0.15, 0.2) is 12.1 Å². The van der Waals surface area contributed by atoms with Gasteiger partial charge in [0.15, 0.2) is 0 Å². The molecule has 3 rings (SSSR count). The molecule has 2 aromatic rings. The molecule has 0 fully saturated rings. The number of aromatic nitrogens is 2. The monoisotopic (exact) mass is 251 g/mol. The predicted octanol–water partition coefficient (Wildman–Crippen LogP) is 1.88. The van der Waals surface area contributed by atoms with Crippen LogP contribution < -0.4 is 10.5 Å². The van der Waals surface area contributed by atoms with Crippen molar-refractivity contribution in [3.8, 4) is 17.0 Å². The van der Waals surface area contributed by atoms with Gasteiger partial charge in [0.25, 0.3) is 0 Å². The summed E-state index contributed by atoms with van der Waals surface area (Å²) < 4.78 is 34.2. The average Bonchev–Trinajstić information content (AvgIpc) is 2.88. The third kappa shape index (κ3) is 1.45. The lowest BCUT2D eigenvalue weighted by molar-refractivity contribution is 0.356. The van der Waals surface area contributed by atoms with Crippen molar-refractivity contribution in [2.45, 2.75) is 6.42 Å². The molecule has 94 valence electrons. The lowest BCUT2D eigenvalue weighted by Gasteiger charge is -2.07. The third-order valence-electron chi connectivity index (χ3n) is 3.05. The highest BCUT2D eigenvalue weighted by Gasteiger charge is 2.26. The van der Waals surface area contributed by atoms with Gasteiger partial charge in [-0.15, -0.1) is 0 Å². The molecule has 0 aliphatic carbocycles. The van der Waals surface area contributed by atoms with Crippen LogP contribution in [0, 0.1) is 11.6 Å². The molecule has 6 heteroatoms. The lowest BCUT2D eigenvalue weighted by Crippen LogP contribution is -1.97. The number of aryl methyl sites for hydroxylation is 1. The second kappa shape index (κ2) is 3.69. The molecule has 0 bridgehead atoms. The van der Waals surface area contributed by atoms with E-state index in [9.17, 15) is 8.78 Å². The summed E-state index contributed by atoms with van der Waals surface area (Å²) in [5.74, 6) is -0.620. The topological polar surface area (TPSA) is 53.1 Å². The highest BCUT2D eigenvalue weighted by atomic mass is 19.1. The summed E-state index contributed by atoms with van der Waals surface area (Å²) in [6.45, 7) is 0.352. The van der Waals surface area contributed by atoms with Gasteiger partial charge in [-0.25, -0.2) is 8.78 Å². The van der Waals surface area contributed by atoms with Crippen molar-refractivity contribution in [3.63, 3.8) is 0 Å². The fraction of sp³-hybridized carbons (Fsp3) is 0.250. The largest absolute Gasteiger partial charge is 0.492 e. The minimum atomic E-state index is -0.689. The first-order valence-corrected chi connectivity index (χ1v) is 5.51. The summed E-state index contributed by atoms with van der Waals surface area (Å²) in [4.78, 5) is 0. The standard InChI is InChI=1S/C12H11F2N3O/c1-17-10(15)5-9(16-17)11-8(14)4-7(13)6-2-3-18-12(6)11/h4-5H,2-3,15H2,1H3. The molecule has 1 aromatic heterocycles. The van der Waals surface area contributed by atoms with Gasteiger partial charge in [0, 0.05) is 31.2 Å². The van der Waals surface area contributed by atoms with Crippen molar-refractivity contribution >= 4 is 5.82 Å². The van der Waals surface area contributed by atoms with E-state index in [1.165, 1.54) is 10.7 Å². The van der Waals surface area contributed by atoms with Crippen molar-refractivity contribution in [1.82, 2.24) is 9.78 Å². The Morgan fingerprint density at radius 3 is 2.78 bits per heavy atom. The van der Waals surface area contributed by atoms with Crippen LogP contribution in [0.25, 0.3) is 11.3 Å². The van der Waals surface area contributed by atoms with Crippen molar-refractivity contribution in [2.24, 2.45) is 7.05 Å². The van der Waals surface area contributed by atoms with Gasteiger partial charge in [0.2, 0.25) is 0 Å². The van der Waals surface area contributed by atoms with Gasteiger partial charge in [-0.2, -0.15) is 5.10 Å². The zero-order chi connectivity index (χ0) is 12.9. The Kier molecular flexibility index (Phi) is 2.26. The average molecular weight is 251 g/mol. The zero-order valence-corrected chi connectivity index (χ0v) is 9.70. The molecule has 0 spiro atoms. The van der Waals surface area contributed by atoms with Crippen LogP contribution in [-0.2, 0) is 13.5 Å². The summed E-state index contributed by atoms with van der Waals surface area (Å²) >= 11 is 0. The number of fused-ring (bicyclic) bond motifs is 1. The summed E-state index contributed by atoms with van der Waals surface area (Å²) in [5, 5.41) is 4.10. The van der Waals surface area contributed by atoms with Gasteiger partial charge in [-0.3, -0.25) is 4.68 Å². The lowest BCUT2D eigenvalue weighted by atomic mass is 10.0. The van der Waals surface area contributed by atoms with Crippen molar-refractivity contribution in [3.05, 3.63) is 29.3 Å². The zero-order valence-electron chi connectivity index (χ0n) is 9.70. The quantitative estimate of drug-likeness (QED) is 0.842. The second-order valence-electron chi connectivity index (χ2n) is 4.20. The van der Waals surface area contributed by atoms with Gasteiger partial charge >= 0.3 is 0 Å². The van der Waals surface area contributed by atoms with Gasteiger partial charge in [-0.1, -0.05) is 0 Å². The molecule has 1 aliphatic heterocycles. The maximum Gasteiger partial charge on any atom is 0.139 e. The molecule has 2 heterocycles. The molecule has 0 radical (unpaired) electrons. The Bertz CT molecular complexity index is 617. The maximum atomic E-state index is 13.9. The Labute approximate surface area is 102 Å². The summed E-state index contributed by atoms with van der Waals surface area (Å²) in [6, 6.07) is 2.41. The van der Waals surface area contributed by atoms with E-state index >= 15 is 0 Å². The Balaban J connectivity index is 2.26. The van der Waals surface area contributed by atoms with Gasteiger partial charge in [0.1, 0.15) is 28.9 Å². The number of ether oxygens (including phenoxy) is 1. The number of nitrogen functional groups attached to an aromatic ring is 1. The molecule has 2 N–H and O–H groups in total. The van der Waals surface area contributed by atoms with E-state index in [0.29, 0.717) is 30.1 Å². The molecule has 0 saturated heterocycles. The fourth-order valence-electron chi connectivity index (χ4n) is 2.13. The van der Waals surface area contributed by atoms with Crippen LogP contribution in [0.2, 0.25) is 0 Å². The number of anilines is 1. The molecule has 0 amide bonds. The molecule has 18 heavy (non-hydrogen) atoms. The number of hydrogen-bond acceptors (Lipinski definition) is 3. The Morgan fingerprint density at radius 2 is 2.11 bits per heavy atom. The van der Waals surface area contributed by atoms with E-state index in [4.69, 9.17) is 10.5 Å². The Morgan fingerprint density at radius 1 is 1.33 bits per heavy atom. The summed E-state index contributed by atoms with van der Waals surface area (Å²) in [6.07, 6.45) is 0.441. The van der Waals surface area contributed by atoms with E-state index in [0.717, 1.165) is 6.07 Å². The number of hydrogen-bond donors (Lipinski definition) is 1. The maximum absolute atomic E-state index is 13.9. The molecule has 1 aromatic carbocycles. The van der Waals surface area contributed by atoms with Gasteiger partial charge in [0.05, 0.1) is 12.2 Å². The minimum absolute atomic E-state index is 0.177. The van der Waals surface area contributed by atoms with Crippen molar-refractivity contribution in [1.29, 1.82) is 0 Å². The molecule has 1 aliphatic rings. The summed E-state index contributed by atoms with van der Waals surface area (Å²) in [7, 11) is 1.65. The third-order valence-corrected chi connectivity index (χ3v) is 3.05.